The summed E-state index contributed by atoms with van der Waals surface area (Å²) in [5.74, 6) is 0. The summed E-state index contributed by atoms with van der Waals surface area (Å²) in [5, 5.41) is 0. The Hall–Kier alpha value is -0.673. The Kier molecular flexibility index (Phi) is 2.00. The zero-order valence-corrected chi connectivity index (χ0v) is 10.9. The van der Waals surface area contributed by atoms with Crippen molar-refractivity contribution in [3.63, 3.8) is 0 Å². The van der Waals surface area contributed by atoms with Crippen molar-refractivity contribution in [2.24, 2.45) is 0 Å². The smallest absolute Gasteiger partial charge is 0.0765 e. The van der Waals surface area contributed by atoms with E-state index >= 15 is 0 Å². The van der Waals surface area contributed by atoms with Crippen molar-refractivity contribution in [1.82, 2.24) is 0 Å². The third kappa shape index (κ3) is 1.15. The van der Waals surface area contributed by atoms with Crippen molar-refractivity contribution in [2.75, 3.05) is 0 Å². The highest BCUT2D eigenvalue weighted by Crippen LogP contribution is 2.36. The van der Waals surface area contributed by atoms with Crippen LogP contribution >= 0.6 is 0 Å². The van der Waals surface area contributed by atoms with Crippen LogP contribution < -0.4 is 0 Å². The Balaban J connectivity index is 2.79. The number of fused-ring (bicyclic) bond motifs is 1. The molecule has 1 aliphatic rings. The molecule has 0 amide bonds. The lowest BCUT2D eigenvalue weighted by atomic mass is 10.0. The van der Waals surface area contributed by atoms with Crippen molar-refractivity contribution >= 4 is 26.6 Å². The molecule has 2 rings (SSSR count). The molecule has 1 heterocycles. The highest BCUT2D eigenvalue weighted by atomic mass is 32.2. The van der Waals surface area contributed by atoms with Gasteiger partial charge in [0.05, 0.1) is 25.9 Å². The van der Waals surface area contributed by atoms with Crippen molar-refractivity contribution in [2.45, 2.75) is 18.7 Å². The monoisotopic (exact) mass is 208 g/mol. The fourth-order valence-corrected chi connectivity index (χ4v) is 4.08. The molecule has 3 heteroatoms. The molecule has 0 saturated heterocycles. The molecule has 0 bridgehead atoms. The zero-order valence-electron chi connectivity index (χ0n) is 8.05. The van der Waals surface area contributed by atoms with Crippen molar-refractivity contribution in [3.05, 3.63) is 33.9 Å². The van der Waals surface area contributed by atoms with Gasteiger partial charge in [0.1, 0.15) is 0 Å². The predicted molar refractivity (Wildman–Crippen MR) is 60.1 cm³/mol. The quantitative estimate of drug-likeness (QED) is 0.585. The Morgan fingerprint density at radius 1 is 1.31 bits per heavy atom. The van der Waals surface area contributed by atoms with Crippen LogP contribution in [-0.2, 0) is 10.8 Å². The van der Waals surface area contributed by atoms with E-state index < -0.39 is 10.8 Å². The summed E-state index contributed by atoms with van der Waals surface area (Å²) >= 11 is 0. The Morgan fingerprint density at radius 3 is 2.62 bits per heavy atom. The largest absolute Gasteiger partial charge is 0.250 e. The Morgan fingerprint density at radius 2 is 2.00 bits per heavy atom. The summed E-state index contributed by atoms with van der Waals surface area (Å²) < 4.78 is 13.0. The molecular formula is C10H12OSSi. The summed E-state index contributed by atoms with van der Waals surface area (Å²) in [7, 11) is 0.0602. The first-order chi connectivity index (χ1) is 6.13. The van der Waals surface area contributed by atoms with E-state index in [2.05, 4.69) is 19.9 Å². The molecule has 1 nitrogen and oxygen atoms in total. The van der Waals surface area contributed by atoms with Crippen LogP contribution in [0.25, 0.3) is 5.57 Å². The summed E-state index contributed by atoms with van der Waals surface area (Å²) in [4.78, 5) is 1.02. The van der Waals surface area contributed by atoms with Gasteiger partial charge >= 0.3 is 0 Å². The lowest BCUT2D eigenvalue weighted by Gasteiger charge is -2.02. The topological polar surface area (TPSA) is 17.1 Å². The zero-order chi connectivity index (χ0) is 9.59. The average Bonchev–Trinajstić information content (AvgIpc) is 2.33. The van der Waals surface area contributed by atoms with Gasteiger partial charge in [-0.25, -0.2) is 4.21 Å². The number of allylic oxidation sites excluding steroid dienone is 1. The first-order valence-electron chi connectivity index (χ1n) is 4.32. The highest BCUT2D eigenvalue weighted by molar-refractivity contribution is 7.91. The predicted octanol–water partition coefficient (Wildman–Crippen LogP) is 1.17. The van der Waals surface area contributed by atoms with Gasteiger partial charge in [0, 0.05) is 0 Å². The van der Waals surface area contributed by atoms with E-state index in [1.165, 1.54) is 16.7 Å². The molecule has 1 aromatic rings. The molecule has 1 unspecified atom stereocenters. The van der Waals surface area contributed by atoms with Crippen molar-refractivity contribution in [3.8, 4) is 0 Å². The van der Waals surface area contributed by atoms with Gasteiger partial charge in [-0.3, -0.25) is 0 Å². The SMILES string of the molecule is CC1=C([SiH3])S(=O)c2cccc(C)c21. The first-order valence-corrected chi connectivity index (χ1v) is 6.47. The number of rotatable bonds is 0. The van der Waals surface area contributed by atoms with E-state index in [1.807, 2.05) is 12.1 Å². The molecule has 1 atom stereocenters. The number of hydrogen-bond donors (Lipinski definition) is 0. The van der Waals surface area contributed by atoms with Gasteiger partial charge in [-0.05, 0) is 41.1 Å². The summed E-state index contributed by atoms with van der Waals surface area (Å²) in [5.41, 5.74) is 3.72. The van der Waals surface area contributed by atoms with E-state index in [1.54, 1.807) is 0 Å². The number of aryl methyl sites for hydroxylation is 1. The van der Waals surface area contributed by atoms with E-state index in [-0.39, 0.29) is 0 Å². The normalized spacial score (nSPS) is 20.9. The van der Waals surface area contributed by atoms with Crippen LogP contribution in [0.15, 0.2) is 27.6 Å². The molecule has 13 heavy (non-hydrogen) atoms. The fraction of sp³-hybridized carbons (Fsp3) is 0.200. The number of hydrogen-bond acceptors (Lipinski definition) is 1. The maximum atomic E-state index is 11.8. The average molecular weight is 208 g/mol. The van der Waals surface area contributed by atoms with Crippen LogP contribution in [0.3, 0.4) is 0 Å². The molecule has 0 saturated carbocycles. The van der Waals surface area contributed by atoms with Crippen LogP contribution in [0.2, 0.25) is 0 Å². The minimum absolute atomic E-state index is 0.842. The van der Waals surface area contributed by atoms with Gasteiger partial charge in [0.25, 0.3) is 0 Å². The Labute approximate surface area is 83.7 Å². The third-order valence-corrected chi connectivity index (χ3v) is 6.08. The van der Waals surface area contributed by atoms with Crippen LogP contribution in [-0.4, -0.2) is 14.5 Å². The van der Waals surface area contributed by atoms with E-state index in [4.69, 9.17) is 0 Å². The van der Waals surface area contributed by atoms with E-state index in [9.17, 15) is 4.21 Å². The summed E-state index contributed by atoms with van der Waals surface area (Å²) in [6.45, 7) is 4.17. The van der Waals surface area contributed by atoms with E-state index in [0.29, 0.717) is 0 Å². The first kappa shape index (κ1) is 8.90. The van der Waals surface area contributed by atoms with Gasteiger partial charge in [-0.1, -0.05) is 12.1 Å². The maximum absolute atomic E-state index is 11.8. The second kappa shape index (κ2) is 2.92. The Bertz CT molecular complexity index is 435. The van der Waals surface area contributed by atoms with Gasteiger partial charge in [0.2, 0.25) is 0 Å². The molecule has 0 fully saturated rings. The second-order valence-corrected chi connectivity index (χ2v) is 6.71. The van der Waals surface area contributed by atoms with E-state index in [0.717, 1.165) is 19.7 Å². The maximum Gasteiger partial charge on any atom is 0.0765 e. The second-order valence-electron chi connectivity index (χ2n) is 3.40. The standard InChI is InChI=1S/C10H12OSSi/c1-6-4-3-5-8-9(6)7(2)10(13)12(8)11/h3-5H,1-2,13H3. The highest BCUT2D eigenvalue weighted by Gasteiger charge is 2.23. The molecule has 1 aliphatic heterocycles. The third-order valence-electron chi connectivity index (χ3n) is 2.62. The molecule has 0 N–H and O–H groups in total. The minimum Gasteiger partial charge on any atom is -0.250 e. The molecular weight excluding hydrogens is 196 g/mol. The summed E-state index contributed by atoms with van der Waals surface area (Å²) in [6.07, 6.45) is 0. The van der Waals surface area contributed by atoms with Gasteiger partial charge < -0.3 is 0 Å². The molecule has 0 aliphatic carbocycles. The van der Waals surface area contributed by atoms with Gasteiger partial charge in [-0.15, -0.1) is 0 Å². The van der Waals surface area contributed by atoms with Crippen molar-refractivity contribution in [1.29, 1.82) is 0 Å². The van der Waals surface area contributed by atoms with Gasteiger partial charge in [-0.2, -0.15) is 0 Å². The summed E-state index contributed by atoms with van der Waals surface area (Å²) in [6, 6.07) is 6.05. The molecule has 0 spiro atoms. The lowest BCUT2D eigenvalue weighted by molar-refractivity contribution is 0.688. The van der Waals surface area contributed by atoms with Crippen LogP contribution in [0.1, 0.15) is 18.1 Å². The molecule has 68 valence electrons. The molecule has 1 aromatic carbocycles. The number of benzene rings is 1. The lowest BCUT2D eigenvalue weighted by Crippen LogP contribution is -1.90. The molecule has 0 aromatic heterocycles. The van der Waals surface area contributed by atoms with Crippen molar-refractivity contribution < 1.29 is 4.21 Å². The van der Waals surface area contributed by atoms with Crippen LogP contribution in [0, 0.1) is 6.92 Å². The fourth-order valence-electron chi connectivity index (χ4n) is 1.76. The van der Waals surface area contributed by atoms with Crippen LogP contribution in [0.4, 0.5) is 0 Å². The van der Waals surface area contributed by atoms with Crippen LogP contribution in [0.5, 0.6) is 0 Å². The van der Waals surface area contributed by atoms with Gasteiger partial charge in [0.15, 0.2) is 0 Å². The molecule has 0 radical (unpaired) electrons. The minimum atomic E-state index is -0.842.